The molecule has 1 aliphatic rings. The maximum Gasteiger partial charge on any atom is 0.167 e. The number of benzene rings is 1. The van der Waals surface area contributed by atoms with E-state index in [2.05, 4.69) is 62.6 Å². The summed E-state index contributed by atoms with van der Waals surface area (Å²) in [6, 6.07) is 9.88. The molecule has 0 unspecified atom stereocenters. The van der Waals surface area contributed by atoms with Crippen LogP contribution in [0.4, 0.5) is 0 Å². The molecule has 0 saturated heterocycles. The van der Waals surface area contributed by atoms with Crippen molar-refractivity contribution in [1.82, 2.24) is 10.6 Å². The molecule has 0 heterocycles. The molecule has 1 aromatic rings. The first-order chi connectivity index (χ1) is 9.95. The lowest BCUT2D eigenvalue weighted by Crippen LogP contribution is -2.40. The second kappa shape index (κ2) is 7.26. The van der Waals surface area contributed by atoms with Gasteiger partial charge in [-0.3, -0.25) is 0 Å². The summed E-state index contributed by atoms with van der Waals surface area (Å²) < 4.78 is 0. The van der Waals surface area contributed by atoms with Crippen molar-refractivity contribution in [2.75, 3.05) is 0 Å². The van der Waals surface area contributed by atoms with E-state index in [1.165, 1.54) is 24.0 Å². The summed E-state index contributed by atoms with van der Waals surface area (Å²) >= 11 is 5.43. The first-order valence-corrected chi connectivity index (χ1v) is 8.52. The molecule has 1 aliphatic carbocycles. The zero-order valence-corrected chi connectivity index (χ0v) is 14.5. The summed E-state index contributed by atoms with van der Waals surface area (Å²) in [6.07, 6.45) is 3.64. The van der Waals surface area contributed by atoms with Gasteiger partial charge in [0.05, 0.1) is 6.04 Å². The lowest BCUT2D eigenvalue weighted by atomic mass is 9.94. The molecule has 3 heteroatoms. The molecular formula is C18H28N2S. The maximum atomic E-state index is 5.43. The van der Waals surface area contributed by atoms with E-state index in [0.717, 1.165) is 11.5 Å². The first kappa shape index (κ1) is 16.3. The van der Waals surface area contributed by atoms with Crippen LogP contribution in [0.25, 0.3) is 0 Å². The molecular weight excluding hydrogens is 276 g/mol. The fraction of sp³-hybridized carbons (Fsp3) is 0.611. The van der Waals surface area contributed by atoms with E-state index in [1.54, 1.807) is 0 Å². The van der Waals surface area contributed by atoms with Gasteiger partial charge >= 0.3 is 0 Å². The molecule has 2 rings (SSSR count). The predicted molar refractivity (Wildman–Crippen MR) is 94.5 cm³/mol. The molecule has 0 bridgehead atoms. The molecule has 21 heavy (non-hydrogen) atoms. The van der Waals surface area contributed by atoms with Gasteiger partial charge in [0.25, 0.3) is 0 Å². The summed E-state index contributed by atoms with van der Waals surface area (Å²) in [4.78, 5) is 0. The third kappa shape index (κ3) is 5.31. The molecule has 116 valence electrons. The minimum absolute atomic E-state index is 0.275. The molecule has 0 radical (unpaired) electrons. The van der Waals surface area contributed by atoms with E-state index >= 15 is 0 Å². The average molecular weight is 305 g/mol. The van der Waals surface area contributed by atoms with E-state index in [1.807, 2.05) is 0 Å². The molecule has 1 aromatic carbocycles. The summed E-state index contributed by atoms with van der Waals surface area (Å²) in [5, 5.41) is 7.65. The van der Waals surface area contributed by atoms with Gasteiger partial charge in [-0.25, -0.2) is 0 Å². The second-order valence-corrected chi connectivity index (χ2v) is 7.36. The van der Waals surface area contributed by atoms with Crippen molar-refractivity contribution >= 4 is 17.3 Å². The third-order valence-electron chi connectivity index (χ3n) is 3.85. The minimum atomic E-state index is 0.275. The number of hydrogen-bond acceptors (Lipinski definition) is 1. The highest BCUT2D eigenvalue weighted by Gasteiger charge is 2.23. The third-order valence-corrected chi connectivity index (χ3v) is 4.08. The zero-order chi connectivity index (χ0) is 15.4. The van der Waals surface area contributed by atoms with Gasteiger partial charge in [-0.2, -0.15) is 0 Å². The second-order valence-electron chi connectivity index (χ2n) is 6.95. The van der Waals surface area contributed by atoms with Gasteiger partial charge < -0.3 is 10.6 Å². The van der Waals surface area contributed by atoms with Crippen molar-refractivity contribution in [2.24, 2.45) is 11.8 Å². The quantitative estimate of drug-likeness (QED) is 0.770. The molecule has 0 spiro atoms. The Morgan fingerprint density at radius 3 is 2.24 bits per heavy atom. The van der Waals surface area contributed by atoms with E-state index in [9.17, 15) is 0 Å². The van der Waals surface area contributed by atoms with Gasteiger partial charge in [-0.05, 0) is 54.4 Å². The largest absolute Gasteiger partial charge is 0.360 e. The van der Waals surface area contributed by atoms with Crippen LogP contribution in [0.3, 0.4) is 0 Å². The first-order valence-electron chi connectivity index (χ1n) is 8.11. The lowest BCUT2D eigenvalue weighted by molar-refractivity contribution is 0.468. The Balaban J connectivity index is 2.00. The average Bonchev–Trinajstić information content (AvgIpc) is 3.20. The van der Waals surface area contributed by atoms with Crippen LogP contribution in [0.2, 0.25) is 0 Å². The Kier molecular flexibility index (Phi) is 5.63. The van der Waals surface area contributed by atoms with Crippen LogP contribution in [0, 0.1) is 11.8 Å². The van der Waals surface area contributed by atoms with Gasteiger partial charge in [-0.15, -0.1) is 0 Å². The maximum absolute atomic E-state index is 5.43. The summed E-state index contributed by atoms with van der Waals surface area (Å²) in [6.45, 7) is 8.99. The fourth-order valence-electron chi connectivity index (χ4n) is 2.56. The fourth-order valence-corrected chi connectivity index (χ4v) is 2.86. The van der Waals surface area contributed by atoms with E-state index in [0.29, 0.717) is 17.9 Å². The van der Waals surface area contributed by atoms with Crippen LogP contribution in [0.5, 0.6) is 0 Å². The van der Waals surface area contributed by atoms with Gasteiger partial charge in [0, 0.05) is 6.04 Å². The van der Waals surface area contributed by atoms with Crippen molar-refractivity contribution in [3.05, 3.63) is 35.4 Å². The monoisotopic (exact) mass is 304 g/mol. The SMILES string of the molecule is CC(C)Cc1ccc([C@@H](NC(=S)NC2CC2)C(C)C)cc1. The minimum Gasteiger partial charge on any atom is -0.360 e. The van der Waals surface area contributed by atoms with Crippen molar-refractivity contribution in [3.8, 4) is 0 Å². The van der Waals surface area contributed by atoms with Crippen LogP contribution in [-0.2, 0) is 6.42 Å². The van der Waals surface area contributed by atoms with Crippen LogP contribution in [-0.4, -0.2) is 11.2 Å². The summed E-state index contributed by atoms with van der Waals surface area (Å²) in [5.74, 6) is 1.20. The summed E-state index contributed by atoms with van der Waals surface area (Å²) in [5.41, 5.74) is 2.73. The topological polar surface area (TPSA) is 24.1 Å². The van der Waals surface area contributed by atoms with Crippen molar-refractivity contribution in [2.45, 2.75) is 59.0 Å². The number of thiocarbonyl (C=S) groups is 1. The van der Waals surface area contributed by atoms with Gasteiger partial charge in [-0.1, -0.05) is 52.0 Å². The molecule has 0 aromatic heterocycles. The highest BCUT2D eigenvalue weighted by molar-refractivity contribution is 7.80. The Bertz CT molecular complexity index is 461. The normalized spacial score (nSPS) is 16.1. The highest BCUT2D eigenvalue weighted by atomic mass is 32.1. The van der Waals surface area contributed by atoms with E-state index in [-0.39, 0.29) is 6.04 Å². The van der Waals surface area contributed by atoms with E-state index < -0.39 is 0 Å². The number of nitrogens with one attached hydrogen (secondary N) is 2. The molecule has 0 aliphatic heterocycles. The molecule has 2 N–H and O–H groups in total. The van der Waals surface area contributed by atoms with Crippen LogP contribution >= 0.6 is 12.2 Å². The highest BCUT2D eigenvalue weighted by Crippen LogP contribution is 2.23. The van der Waals surface area contributed by atoms with Crippen molar-refractivity contribution < 1.29 is 0 Å². The van der Waals surface area contributed by atoms with E-state index in [4.69, 9.17) is 12.2 Å². The smallest absolute Gasteiger partial charge is 0.167 e. The standard InChI is InChI=1S/C18H28N2S/c1-12(2)11-14-5-7-15(8-6-14)17(13(3)4)20-18(21)19-16-9-10-16/h5-8,12-13,16-17H,9-11H2,1-4H3,(H2,19,20,21)/t17-/m0/s1. The van der Waals surface area contributed by atoms with Crippen LogP contribution < -0.4 is 10.6 Å². The van der Waals surface area contributed by atoms with Crippen molar-refractivity contribution in [3.63, 3.8) is 0 Å². The molecule has 2 nitrogen and oxygen atoms in total. The number of hydrogen-bond donors (Lipinski definition) is 2. The predicted octanol–water partition coefficient (Wildman–Crippen LogP) is 4.21. The van der Waals surface area contributed by atoms with Crippen molar-refractivity contribution in [1.29, 1.82) is 0 Å². The molecule has 1 saturated carbocycles. The molecule has 1 fully saturated rings. The Hall–Kier alpha value is -1.09. The Morgan fingerprint density at radius 2 is 1.76 bits per heavy atom. The van der Waals surface area contributed by atoms with Gasteiger partial charge in [0.2, 0.25) is 0 Å². The Labute approximate surface area is 134 Å². The van der Waals surface area contributed by atoms with Crippen LogP contribution in [0.15, 0.2) is 24.3 Å². The van der Waals surface area contributed by atoms with Gasteiger partial charge in [0.1, 0.15) is 0 Å². The van der Waals surface area contributed by atoms with Gasteiger partial charge in [0.15, 0.2) is 5.11 Å². The molecule has 1 atom stereocenters. The summed E-state index contributed by atoms with van der Waals surface area (Å²) in [7, 11) is 0. The number of rotatable bonds is 6. The Morgan fingerprint density at radius 1 is 1.14 bits per heavy atom. The zero-order valence-electron chi connectivity index (χ0n) is 13.6. The lowest BCUT2D eigenvalue weighted by Gasteiger charge is -2.25. The molecule has 0 amide bonds. The van der Waals surface area contributed by atoms with Crippen LogP contribution in [0.1, 0.15) is 57.7 Å².